The van der Waals surface area contributed by atoms with Gasteiger partial charge in [0.1, 0.15) is 6.04 Å². The topological polar surface area (TPSA) is 58.2 Å². The largest absolute Gasteiger partial charge is 0.441 e. The Morgan fingerprint density at radius 2 is 2.00 bits per heavy atom. The van der Waals surface area contributed by atoms with Gasteiger partial charge < -0.3 is 10.6 Å². The summed E-state index contributed by atoms with van der Waals surface area (Å²) in [5.74, 6) is -1.13. The molecule has 0 fully saturated rings. The van der Waals surface area contributed by atoms with Crippen molar-refractivity contribution in [3.63, 3.8) is 0 Å². The lowest BCUT2D eigenvalue weighted by molar-refractivity contribution is -0.127. The molecule has 0 rings (SSSR count). The number of amides is 2. The van der Waals surface area contributed by atoms with Crippen LogP contribution in [-0.4, -0.2) is 41.4 Å². The lowest BCUT2D eigenvalue weighted by Gasteiger charge is -2.15. The van der Waals surface area contributed by atoms with Crippen LogP contribution >= 0.6 is 24.4 Å². The van der Waals surface area contributed by atoms with Crippen molar-refractivity contribution in [3.8, 4) is 0 Å². The molecule has 0 aliphatic carbocycles. The molecule has 1 unspecified atom stereocenters. The molecule has 0 saturated heterocycles. The van der Waals surface area contributed by atoms with E-state index in [4.69, 9.17) is 0 Å². The monoisotopic (exact) mass is 290 g/mol. The summed E-state index contributed by atoms with van der Waals surface area (Å²) < 4.78 is 35.3. The van der Waals surface area contributed by atoms with E-state index < -0.39 is 23.4 Å². The summed E-state index contributed by atoms with van der Waals surface area (Å²) in [5.41, 5.74) is -4.30. The predicted molar refractivity (Wildman–Crippen MR) is 63.0 cm³/mol. The van der Waals surface area contributed by atoms with Gasteiger partial charge in [-0.2, -0.15) is 25.8 Å². The summed E-state index contributed by atoms with van der Waals surface area (Å²) >= 11 is 3.65. The zero-order chi connectivity index (χ0) is 13.5. The van der Waals surface area contributed by atoms with E-state index in [0.29, 0.717) is 0 Å². The van der Waals surface area contributed by atoms with Gasteiger partial charge in [-0.25, -0.2) is 0 Å². The second-order valence-corrected chi connectivity index (χ2v) is 4.55. The normalized spacial score (nSPS) is 13.0. The summed E-state index contributed by atoms with van der Waals surface area (Å²) in [4.78, 5) is 22.1. The molecule has 17 heavy (non-hydrogen) atoms. The van der Waals surface area contributed by atoms with Crippen molar-refractivity contribution in [2.24, 2.45) is 0 Å². The average molecular weight is 290 g/mol. The number of carbonyl (C=O) groups is 2. The van der Waals surface area contributed by atoms with Gasteiger partial charge in [-0.05, 0) is 11.8 Å². The second-order valence-electron chi connectivity index (χ2n) is 3.02. The quantitative estimate of drug-likeness (QED) is 0.501. The summed E-state index contributed by atoms with van der Waals surface area (Å²) in [6, 6.07) is -0.827. The van der Waals surface area contributed by atoms with Gasteiger partial charge in [0, 0.05) is 25.0 Å². The maximum absolute atomic E-state index is 11.8. The first-order valence-electron chi connectivity index (χ1n) is 4.62. The van der Waals surface area contributed by atoms with E-state index in [2.05, 4.69) is 23.3 Å². The van der Waals surface area contributed by atoms with Crippen molar-refractivity contribution in [3.05, 3.63) is 0 Å². The van der Waals surface area contributed by atoms with E-state index in [0.717, 1.165) is 0 Å². The van der Waals surface area contributed by atoms with E-state index in [1.54, 1.807) is 0 Å². The molecule has 2 N–H and O–H groups in total. The van der Waals surface area contributed by atoms with Crippen molar-refractivity contribution in [1.82, 2.24) is 10.6 Å². The number of nitrogens with one attached hydrogen (secondary N) is 2. The van der Waals surface area contributed by atoms with E-state index >= 15 is 0 Å². The van der Waals surface area contributed by atoms with Gasteiger partial charge in [0.05, 0.1) is 0 Å². The maximum Gasteiger partial charge on any atom is 0.441 e. The van der Waals surface area contributed by atoms with Crippen molar-refractivity contribution < 1.29 is 22.8 Å². The first-order chi connectivity index (χ1) is 7.76. The van der Waals surface area contributed by atoms with Crippen LogP contribution < -0.4 is 10.6 Å². The molecule has 0 bridgehead atoms. The molecule has 0 aliphatic rings. The zero-order valence-corrected chi connectivity index (χ0v) is 10.7. The third kappa shape index (κ3) is 9.16. The molecule has 0 heterocycles. The third-order valence-electron chi connectivity index (χ3n) is 1.54. The molecule has 0 aliphatic heterocycles. The lowest BCUT2D eigenvalue weighted by atomic mass is 10.3. The minimum Gasteiger partial charge on any atom is -0.353 e. The third-order valence-corrected chi connectivity index (χ3v) is 2.64. The molecular formula is C8H13F3N2O2S2. The Bertz CT molecular complexity index is 274. The summed E-state index contributed by atoms with van der Waals surface area (Å²) in [7, 11) is 0. The molecule has 100 valence electrons. The summed E-state index contributed by atoms with van der Waals surface area (Å²) in [5, 5.41) is 4.62. The second kappa shape index (κ2) is 7.70. The van der Waals surface area contributed by atoms with E-state index in [-0.39, 0.29) is 29.8 Å². The highest BCUT2D eigenvalue weighted by Crippen LogP contribution is 2.29. The Balaban J connectivity index is 3.87. The fourth-order valence-electron chi connectivity index (χ4n) is 0.904. The van der Waals surface area contributed by atoms with Crippen LogP contribution in [0.4, 0.5) is 13.2 Å². The first-order valence-corrected chi connectivity index (χ1v) is 6.24. The number of alkyl halides is 3. The molecule has 9 heteroatoms. The number of rotatable bonds is 6. The smallest absolute Gasteiger partial charge is 0.353 e. The van der Waals surface area contributed by atoms with Gasteiger partial charge in [0.2, 0.25) is 11.8 Å². The Hall–Kier alpha value is -0.570. The number of hydrogen-bond acceptors (Lipinski definition) is 4. The summed E-state index contributed by atoms with van der Waals surface area (Å²) in [6.45, 7) is 1.12. The standard InChI is InChI=1S/C8H13F3N2O2S2/c1-5(14)13-6(4-16)7(15)12-2-3-17-8(9,10)11/h6,16H,2-4H2,1H3,(H,12,15)(H,13,14). The molecule has 0 saturated carbocycles. The van der Waals surface area contributed by atoms with Crippen LogP contribution in [0.15, 0.2) is 0 Å². The minimum atomic E-state index is -4.30. The lowest BCUT2D eigenvalue weighted by Crippen LogP contribution is -2.47. The number of thioether (sulfide) groups is 1. The predicted octanol–water partition coefficient (Wildman–Crippen LogP) is 0.790. The highest BCUT2D eigenvalue weighted by Gasteiger charge is 2.27. The molecule has 0 radical (unpaired) electrons. The molecule has 0 aromatic rings. The molecule has 1 atom stereocenters. The van der Waals surface area contributed by atoms with Gasteiger partial charge >= 0.3 is 5.51 Å². The Morgan fingerprint density at radius 1 is 1.41 bits per heavy atom. The first kappa shape index (κ1) is 16.4. The van der Waals surface area contributed by atoms with E-state index in [9.17, 15) is 22.8 Å². The molecule has 0 aromatic carbocycles. The SMILES string of the molecule is CC(=O)NC(CS)C(=O)NCCSC(F)(F)F. The van der Waals surface area contributed by atoms with Crippen molar-refractivity contribution in [2.45, 2.75) is 18.5 Å². The van der Waals surface area contributed by atoms with Crippen molar-refractivity contribution >= 4 is 36.2 Å². The molecule has 4 nitrogen and oxygen atoms in total. The summed E-state index contributed by atoms with van der Waals surface area (Å²) in [6.07, 6.45) is 0. The number of hydrogen-bond donors (Lipinski definition) is 3. The van der Waals surface area contributed by atoms with Crippen LogP contribution in [0.1, 0.15) is 6.92 Å². The van der Waals surface area contributed by atoms with Gasteiger partial charge in [-0.15, -0.1) is 0 Å². The van der Waals surface area contributed by atoms with Gasteiger partial charge in [-0.3, -0.25) is 9.59 Å². The Morgan fingerprint density at radius 3 is 2.41 bits per heavy atom. The molecular weight excluding hydrogens is 277 g/mol. The van der Waals surface area contributed by atoms with Crippen LogP contribution in [0.25, 0.3) is 0 Å². The fourth-order valence-corrected chi connectivity index (χ4v) is 1.60. The Kier molecular flexibility index (Phi) is 7.44. The average Bonchev–Trinajstić information content (AvgIpc) is 2.19. The van der Waals surface area contributed by atoms with Crippen LogP contribution in [0.2, 0.25) is 0 Å². The van der Waals surface area contributed by atoms with Gasteiger partial charge in [-0.1, -0.05) is 0 Å². The van der Waals surface area contributed by atoms with Crippen LogP contribution in [0.5, 0.6) is 0 Å². The van der Waals surface area contributed by atoms with Gasteiger partial charge in [0.25, 0.3) is 0 Å². The highest BCUT2D eigenvalue weighted by atomic mass is 32.2. The van der Waals surface area contributed by atoms with E-state index in [1.807, 2.05) is 0 Å². The maximum atomic E-state index is 11.8. The van der Waals surface area contributed by atoms with Crippen molar-refractivity contribution in [2.75, 3.05) is 18.1 Å². The number of thiol groups is 1. The van der Waals surface area contributed by atoms with Crippen molar-refractivity contribution in [1.29, 1.82) is 0 Å². The molecule has 2 amide bonds. The van der Waals surface area contributed by atoms with Gasteiger partial charge in [0.15, 0.2) is 0 Å². The number of halogens is 3. The minimum absolute atomic E-state index is 0.0812. The molecule has 0 spiro atoms. The fraction of sp³-hybridized carbons (Fsp3) is 0.750. The van der Waals surface area contributed by atoms with Crippen LogP contribution in [-0.2, 0) is 9.59 Å². The highest BCUT2D eigenvalue weighted by molar-refractivity contribution is 8.00. The Labute approximate surface area is 106 Å². The molecule has 0 aromatic heterocycles. The van der Waals surface area contributed by atoms with Crippen LogP contribution in [0.3, 0.4) is 0 Å². The van der Waals surface area contributed by atoms with E-state index in [1.165, 1.54) is 6.92 Å². The zero-order valence-electron chi connectivity index (χ0n) is 9.00. The van der Waals surface area contributed by atoms with Crippen LogP contribution in [0, 0.1) is 0 Å². The number of carbonyl (C=O) groups excluding carboxylic acids is 2.